The van der Waals surface area contributed by atoms with Crippen LogP contribution >= 0.6 is 0 Å². The molecule has 0 fully saturated rings. The Morgan fingerprint density at radius 1 is 0.889 bits per heavy atom. The van der Waals surface area contributed by atoms with Crippen molar-refractivity contribution in [3.8, 4) is 0 Å². The van der Waals surface area contributed by atoms with Crippen molar-refractivity contribution < 1.29 is 4.92 Å². The van der Waals surface area contributed by atoms with Gasteiger partial charge in [-0.2, -0.15) is 0 Å². The lowest BCUT2D eigenvalue weighted by molar-refractivity contribution is -0.374. The van der Waals surface area contributed by atoms with Gasteiger partial charge in [0.25, 0.3) is 5.70 Å². The zero-order chi connectivity index (χ0) is 13.0. The standard InChI is InChI=1S/C14H12N2O2/c15-13(11-7-3-1-4-8-11)14(16(17)18)12-9-5-2-6-10-12/h1-10H,15H2/b14-13-. The molecule has 4 heteroatoms. The largest absolute Gasteiger partial charge is 0.393 e. The molecule has 0 radical (unpaired) electrons. The zero-order valence-electron chi connectivity index (χ0n) is 9.61. The van der Waals surface area contributed by atoms with E-state index in [9.17, 15) is 10.1 Å². The van der Waals surface area contributed by atoms with E-state index in [4.69, 9.17) is 5.73 Å². The minimum Gasteiger partial charge on any atom is -0.393 e. The number of hydrogen-bond acceptors (Lipinski definition) is 3. The highest BCUT2D eigenvalue weighted by atomic mass is 16.6. The van der Waals surface area contributed by atoms with Crippen molar-refractivity contribution >= 4 is 11.4 Å². The molecule has 0 bridgehead atoms. The molecule has 2 aromatic rings. The molecule has 2 rings (SSSR count). The number of hydrogen-bond donors (Lipinski definition) is 1. The van der Waals surface area contributed by atoms with Crippen molar-refractivity contribution in [2.45, 2.75) is 0 Å². The third kappa shape index (κ3) is 2.38. The van der Waals surface area contributed by atoms with Gasteiger partial charge in [0.15, 0.2) is 0 Å². The van der Waals surface area contributed by atoms with Gasteiger partial charge in [-0.3, -0.25) is 10.1 Å². The maximum atomic E-state index is 11.2. The molecule has 18 heavy (non-hydrogen) atoms. The predicted molar refractivity (Wildman–Crippen MR) is 70.9 cm³/mol. The van der Waals surface area contributed by atoms with Crippen molar-refractivity contribution in [3.63, 3.8) is 0 Å². The van der Waals surface area contributed by atoms with Gasteiger partial charge in [0, 0.05) is 5.56 Å². The highest BCUT2D eigenvalue weighted by molar-refractivity contribution is 5.84. The van der Waals surface area contributed by atoms with Crippen LogP contribution in [0, 0.1) is 10.1 Å². The van der Waals surface area contributed by atoms with Gasteiger partial charge in [-0.15, -0.1) is 0 Å². The van der Waals surface area contributed by atoms with E-state index in [1.807, 2.05) is 6.07 Å². The molecule has 90 valence electrons. The van der Waals surface area contributed by atoms with E-state index >= 15 is 0 Å². The summed E-state index contributed by atoms with van der Waals surface area (Å²) in [6.45, 7) is 0. The number of nitro groups is 1. The Kier molecular flexibility index (Phi) is 3.38. The molecule has 0 aliphatic heterocycles. The lowest BCUT2D eigenvalue weighted by Crippen LogP contribution is -2.08. The molecule has 0 aliphatic carbocycles. The van der Waals surface area contributed by atoms with Crippen molar-refractivity contribution in [3.05, 3.63) is 81.9 Å². The van der Waals surface area contributed by atoms with Gasteiger partial charge in [-0.25, -0.2) is 0 Å². The minimum atomic E-state index is -0.447. The molecule has 0 amide bonds. The van der Waals surface area contributed by atoms with Crippen molar-refractivity contribution in [1.82, 2.24) is 0 Å². The number of nitrogens with two attached hydrogens (primary N) is 1. The lowest BCUT2D eigenvalue weighted by Gasteiger charge is -2.04. The van der Waals surface area contributed by atoms with Gasteiger partial charge in [-0.1, -0.05) is 48.5 Å². The van der Waals surface area contributed by atoms with Crippen LogP contribution in [0.4, 0.5) is 0 Å². The average molecular weight is 240 g/mol. The van der Waals surface area contributed by atoms with Crippen LogP contribution < -0.4 is 5.73 Å². The Balaban J connectivity index is 2.58. The first-order chi connectivity index (χ1) is 8.70. The molecule has 0 atom stereocenters. The Labute approximate surface area is 105 Å². The van der Waals surface area contributed by atoms with Gasteiger partial charge >= 0.3 is 0 Å². The predicted octanol–water partition coefficient (Wildman–Crippen LogP) is 2.75. The molecule has 2 N–H and O–H groups in total. The lowest BCUT2D eigenvalue weighted by atomic mass is 10.1. The highest BCUT2D eigenvalue weighted by Gasteiger charge is 2.19. The fraction of sp³-hybridized carbons (Fsp3) is 0. The van der Waals surface area contributed by atoms with E-state index in [0.717, 1.165) is 0 Å². The van der Waals surface area contributed by atoms with Gasteiger partial charge in [0.05, 0.1) is 10.5 Å². The Hall–Kier alpha value is -2.62. The molecule has 0 saturated heterocycles. The maximum Gasteiger partial charge on any atom is 0.299 e. The van der Waals surface area contributed by atoms with Crippen LogP contribution in [0.15, 0.2) is 60.7 Å². The first kappa shape index (κ1) is 11.9. The fourth-order valence-corrected chi connectivity index (χ4v) is 1.71. The van der Waals surface area contributed by atoms with Crippen molar-refractivity contribution in [2.24, 2.45) is 5.73 Å². The summed E-state index contributed by atoms with van der Waals surface area (Å²) < 4.78 is 0. The third-order valence-corrected chi connectivity index (χ3v) is 2.57. The first-order valence-electron chi connectivity index (χ1n) is 5.45. The van der Waals surface area contributed by atoms with Crippen LogP contribution in [-0.4, -0.2) is 4.92 Å². The van der Waals surface area contributed by atoms with E-state index in [1.165, 1.54) is 0 Å². The highest BCUT2D eigenvalue weighted by Crippen LogP contribution is 2.22. The van der Waals surface area contributed by atoms with Crippen LogP contribution in [0.5, 0.6) is 0 Å². The van der Waals surface area contributed by atoms with Crippen molar-refractivity contribution in [2.75, 3.05) is 0 Å². The topological polar surface area (TPSA) is 69.2 Å². The molecule has 0 aliphatic rings. The summed E-state index contributed by atoms with van der Waals surface area (Å²) in [6.07, 6.45) is 0. The molecule has 4 nitrogen and oxygen atoms in total. The second kappa shape index (κ2) is 5.14. The average Bonchev–Trinajstić information content (AvgIpc) is 2.40. The number of rotatable bonds is 3. The molecule has 0 unspecified atom stereocenters. The third-order valence-electron chi connectivity index (χ3n) is 2.57. The molecule has 0 saturated carbocycles. The van der Waals surface area contributed by atoms with Crippen LogP contribution in [-0.2, 0) is 0 Å². The number of benzene rings is 2. The summed E-state index contributed by atoms with van der Waals surface area (Å²) in [5.41, 5.74) is 7.17. The molecule has 0 aromatic heterocycles. The van der Waals surface area contributed by atoms with Gasteiger partial charge in [0.2, 0.25) is 0 Å². The Morgan fingerprint density at radius 2 is 1.33 bits per heavy atom. The SMILES string of the molecule is N/C(=C(/c1ccccc1)[N+](=O)[O-])c1ccccc1. The van der Waals surface area contributed by atoms with Crippen molar-refractivity contribution in [1.29, 1.82) is 0 Å². The monoisotopic (exact) mass is 240 g/mol. The second-order valence-electron chi connectivity index (χ2n) is 3.75. The minimum absolute atomic E-state index is 0.0678. The van der Waals surface area contributed by atoms with Gasteiger partial charge in [-0.05, 0) is 12.1 Å². The van der Waals surface area contributed by atoms with Crippen LogP contribution in [0.1, 0.15) is 11.1 Å². The molecular weight excluding hydrogens is 228 g/mol. The Bertz CT molecular complexity index is 577. The number of nitrogens with zero attached hydrogens (tertiary/aromatic N) is 1. The summed E-state index contributed by atoms with van der Waals surface area (Å²) in [4.78, 5) is 10.7. The quantitative estimate of drug-likeness (QED) is 0.509. The van der Waals surface area contributed by atoms with Crippen LogP contribution in [0.25, 0.3) is 11.4 Å². The van der Waals surface area contributed by atoms with E-state index in [1.54, 1.807) is 54.6 Å². The molecule has 2 aromatic carbocycles. The second-order valence-corrected chi connectivity index (χ2v) is 3.75. The van der Waals surface area contributed by atoms with E-state index < -0.39 is 4.92 Å². The Morgan fingerprint density at radius 3 is 1.78 bits per heavy atom. The smallest absolute Gasteiger partial charge is 0.299 e. The summed E-state index contributed by atoms with van der Waals surface area (Å²) in [6, 6.07) is 17.6. The summed E-state index contributed by atoms with van der Waals surface area (Å²) >= 11 is 0. The molecular formula is C14H12N2O2. The van der Waals surface area contributed by atoms with Crippen LogP contribution in [0.3, 0.4) is 0 Å². The summed E-state index contributed by atoms with van der Waals surface area (Å²) in [5.74, 6) is 0. The maximum absolute atomic E-state index is 11.2. The van der Waals surface area contributed by atoms with E-state index in [-0.39, 0.29) is 11.4 Å². The molecule has 0 heterocycles. The molecule has 0 spiro atoms. The fourth-order valence-electron chi connectivity index (χ4n) is 1.71. The summed E-state index contributed by atoms with van der Waals surface area (Å²) in [5, 5.41) is 11.2. The van der Waals surface area contributed by atoms with Crippen LogP contribution in [0.2, 0.25) is 0 Å². The van der Waals surface area contributed by atoms with E-state index in [0.29, 0.717) is 11.1 Å². The van der Waals surface area contributed by atoms with Gasteiger partial charge < -0.3 is 5.73 Å². The summed E-state index contributed by atoms with van der Waals surface area (Å²) in [7, 11) is 0. The zero-order valence-corrected chi connectivity index (χ0v) is 9.61. The normalized spacial score (nSPS) is 11.8. The first-order valence-corrected chi connectivity index (χ1v) is 5.45. The van der Waals surface area contributed by atoms with E-state index in [2.05, 4.69) is 0 Å². The van der Waals surface area contributed by atoms with Gasteiger partial charge in [0.1, 0.15) is 5.70 Å².